The summed E-state index contributed by atoms with van der Waals surface area (Å²) >= 11 is 5.92. The molecule has 8 nitrogen and oxygen atoms in total. The summed E-state index contributed by atoms with van der Waals surface area (Å²) < 4.78 is 51.1. The first kappa shape index (κ1) is 22.8. The zero-order valence-electron chi connectivity index (χ0n) is 17.2. The van der Waals surface area contributed by atoms with Crippen LogP contribution in [0.15, 0.2) is 82.6 Å². The molecule has 0 saturated carbocycles. The molecule has 4 rings (SSSR count). The minimum atomic E-state index is -3.82. The summed E-state index contributed by atoms with van der Waals surface area (Å²) in [5.41, 5.74) is 1.44. The van der Waals surface area contributed by atoms with Crippen molar-refractivity contribution in [2.45, 2.75) is 9.79 Å². The van der Waals surface area contributed by atoms with Crippen LogP contribution in [-0.2, 0) is 19.9 Å². The molecule has 4 aromatic rings. The van der Waals surface area contributed by atoms with Gasteiger partial charge in [-0.05, 0) is 54.6 Å². The quantitative estimate of drug-likeness (QED) is 0.362. The van der Waals surface area contributed by atoms with Gasteiger partial charge in [-0.1, -0.05) is 29.8 Å². The Kier molecular flexibility index (Phi) is 5.91. The van der Waals surface area contributed by atoms with Gasteiger partial charge < -0.3 is 10.3 Å². The Bertz CT molecular complexity index is 1600. The summed E-state index contributed by atoms with van der Waals surface area (Å²) in [7, 11) is -7.26. The maximum atomic E-state index is 12.9. The Morgan fingerprint density at radius 1 is 0.848 bits per heavy atom. The molecule has 33 heavy (non-hydrogen) atoms. The van der Waals surface area contributed by atoms with E-state index in [-0.39, 0.29) is 15.5 Å². The van der Waals surface area contributed by atoms with E-state index in [1.165, 1.54) is 30.3 Å². The van der Waals surface area contributed by atoms with Gasteiger partial charge in [0.05, 0.1) is 21.7 Å². The van der Waals surface area contributed by atoms with E-state index in [9.17, 15) is 21.6 Å². The van der Waals surface area contributed by atoms with E-state index in [4.69, 9.17) is 11.6 Å². The van der Waals surface area contributed by atoms with E-state index in [0.29, 0.717) is 27.3 Å². The van der Waals surface area contributed by atoms with Crippen LogP contribution in [-0.4, -0.2) is 34.0 Å². The van der Waals surface area contributed by atoms with E-state index in [1.54, 1.807) is 42.5 Å². The van der Waals surface area contributed by atoms with Crippen molar-refractivity contribution in [2.75, 3.05) is 16.3 Å². The zero-order valence-corrected chi connectivity index (χ0v) is 19.6. The number of halogens is 1. The van der Waals surface area contributed by atoms with Crippen molar-refractivity contribution < 1.29 is 21.6 Å². The molecular weight excluding hydrogens is 486 g/mol. The molecule has 0 aliphatic heterocycles. The molecule has 0 spiro atoms. The summed E-state index contributed by atoms with van der Waals surface area (Å²) in [6.07, 6.45) is 1.05. The average Bonchev–Trinajstić information content (AvgIpc) is 3.16. The van der Waals surface area contributed by atoms with Gasteiger partial charge in [0.1, 0.15) is 5.69 Å². The van der Waals surface area contributed by atoms with E-state index in [0.717, 1.165) is 6.26 Å². The lowest BCUT2D eigenvalue weighted by Crippen LogP contribution is -2.12. The normalized spacial score (nSPS) is 11.9. The first-order valence-corrected chi connectivity index (χ1v) is 13.3. The minimum absolute atomic E-state index is 0.00991. The van der Waals surface area contributed by atoms with Crippen LogP contribution in [0.3, 0.4) is 0 Å². The monoisotopic (exact) mass is 503 g/mol. The fourth-order valence-electron chi connectivity index (χ4n) is 3.24. The first-order valence-electron chi connectivity index (χ1n) is 9.54. The molecule has 1 aromatic heterocycles. The maximum absolute atomic E-state index is 12.9. The molecule has 3 aromatic carbocycles. The summed E-state index contributed by atoms with van der Waals surface area (Å²) in [5, 5.41) is 3.68. The number of amides is 1. The summed E-state index contributed by atoms with van der Waals surface area (Å²) in [6, 6.07) is 18.3. The number of benzene rings is 3. The molecule has 0 bridgehead atoms. The molecule has 0 aliphatic carbocycles. The van der Waals surface area contributed by atoms with E-state index >= 15 is 0 Å². The molecule has 0 saturated heterocycles. The molecule has 3 N–H and O–H groups in total. The molecule has 1 heterocycles. The Hall–Kier alpha value is -3.34. The second kappa shape index (κ2) is 8.54. The highest BCUT2D eigenvalue weighted by Gasteiger charge is 2.19. The van der Waals surface area contributed by atoms with Gasteiger partial charge >= 0.3 is 0 Å². The third-order valence-corrected chi connectivity index (χ3v) is 7.27. The van der Waals surface area contributed by atoms with Crippen LogP contribution in [0.25, 0.3) is 10.9 Å². The Morgan fingerprint density at radius 3 is 2.24 bits per heavy atom. The number of hydrogen-bond acceptors (Lipinski definition) is 5. The smallest absolute Gasteiger partial charge is 0.272 e. The number of rotatable bonds is 6. The van der Waals surface area contributed by atoms with Crippen LogP contribution in [0.4, 0.5) is 11.4 Å². The molecule has 11 heteroatoms. The van der Waals surface area contributed by atoms with Crippen molar-refractivity contribution >= 4 is 59.6 Å². The van der Waals surface area contributed by atoms with Crippen molar-refractivity contribution in [3.05, 3.63) is 83.5 Å². The van der Waals surface area contributed by atoms with Crippen molar-refractivity contribution in [1.82, 2.24) is 4.98 Å². The number of carbonyl (C=O) groups excluding carboxylic acids is 1. The second-order valence-electron chi connectivity index (χ2n) is 7.30. The number of aromatic amines is 1. The van der Waals surface area contributed by atoms with Gasteiger partial charge in [0.25, 0.3) is 5.91 Å². The highest BCUT2D eigenvalue weighted by molar-refractivity contribution is 7.92. The topological polar surface area (TPSA) is 125 Å². The van der Waals surface area contributed by atoms with Crippen LogP contribution in [0, 0.1) is 0 Å². The summed E-state index contributed by atoms with van der Waals surface area (Å²) in [4.78, 5) is 15.7. The number of carbonyl (C=O) groups is 1. The molecule has 1 amide bonds. The number of sulfone groups is 1. The SMILES string of the molecule is CS(=O)(=O)Nc1ccc2cc(C(=O)Nc3cccc(S(=O)(=O)c4cccc(Cl)c4)c3)[nH]c2c1. The van der Waals surface area contributed by atoms with Crippen molar-refractivity contribution in [2.24, 2.45) is 0 Å². The Balaban J connectivity index is 1.58. The lowest BCUT2D eigenvalue weighted by Gasteiger charge is -2.08. The van der Waals surface area contributed by atoms with Gasteiger partial charge in [-0.15, -0.1) is 0 Å². The molecular formula is C22H18ClN3O5S2. The summed E-state index contributed by atoms with van der Waals surface area (Å²) in [6.45, 7) is 0. The van der Waals surface area contributed by atoms with Gasteiger partial charge in [-0.25, -0.2) is 16.8 Å². The highest BCUT2D eigenvalue weighted by Crippen LogP contribution is 2.26. The number of anilines is 2. The molecule has 0 aliphatic rings. The minimum Gasteiger partial charge on any atom is -0.350 e. The van der Waals surface area contributed by atoms with Gasteiger partial charge in [-0.3, -0.25) is 9.52 Å². The van der Waals surface area contributed by atoms with Crippen LogP contribution >= 0.6 is 11.6 Å². The number of hydrogen-bond donors (Lipinski definition) is 3. The van der Waals surface area contributed by atoms with Crippen LogP contribution < -0.4 is 10.0 Å². The Morgan fingerprint density at radius 2 is 1.55 bits per heavy atom. The van der Waals surface area contributed by atoms with Crippen molar-refractivity contribution in [1.29, 1.82) is 0 Å². The molecule has 0 fully saturated rings. The van der Waals surface area contributed by atoms with Crippen molar-refractivity contribution in [3.63, 3.8) is 0 Å². The fourth-order valence-corrected chi connectivity index (χ4v) is 5.40. The molecule has 0 atom stereocenters. The standard InChI is InChI=1S/C22H18ClN3O5S2/c1-32(28,29)26-17-9-8-14-10-21(25-20(14)13-17)22(27)24-16-5-3-7-19(12-16)33(30,31)18-6-2-4-15(23)11-18/h2-13,25-26H,1H3,(H,24,27). The largest absolute Gasteiger partial charge is 0.350 e. The van der Waals surface area contributed by atoms with Crippen LogP contribution in [0.1, 0.15) is 10.5 Å². The lowest BCUT2D eigenvalue weighted by molar-refractivity contribution is 0.102. The maximum Gasteiger partial charge on any atom is 0.272 e. The second-order valence-corrected chi connectivity index (χ2v) is 11.4. The van der Waals surface area contributed by atoms with Gasteiger partial charge in [0, 0.05) is 21.6 Å². The highest BCUT2D eigenvalue weighted by atomic mass is 35.5. The Labute approximate surface area is 195 Å². The predicted octanol–water partition coefficient (Wildman–Crippen LogP) is 4.28. The number of aromatic nitrogens is 1. The van der Waals surface area contributed by atoms with Crippen LogP contribution in [0.5, 0.6) is 0 Å². The third-order valence-electron chi connectivity index (χ3n) is 4.68. The van der Waals surface area contributed by atoms with Gasteiger partial charge in [-0.2, -0.15) is 0 Å². The fraction of sp³-hybridized carbons (Fsp3) is 0.0455. The first-order chi connectivity index (χ1) is 15.5. The average molecular weight is 504 g/mol. The van der Waals surface area contributed by atoms with E-state index in [1.807, 2.05) is 0 Å². The number of H-pyrrole nitrogens is 1. The molecule has 170 valence electrons. The lowest BCUT2D eigenvalue weighted by atomic mass is 10.2. The van der Waals surface area contributed by atoms with Gasteiger partial charge in [0.2, 0.25) is 19.9 Å². The number of fused-ring (bicyclic) bond motifs is 1. The zero-order chi connectivity index (χ0) is 23.8. The summed E-state index contributed by atoms with van der Waals surface area (Å²) in [5.74, 6) is -0.485. The van der Waals surface area contributed by atoms with E-state index in [2.05, 4.69) is 15.0 Å². The number of nitrogens with one attached hydrogen (secondary N) is 3. The third kappa shape index (κ3) is 5.19. The number of sulfonamides is 1. The van der Waals surface area contributed by atoms with Crippen LogP contribution in [0.2, 0.25) is 5.02 Å². The molecule has 0 radical (unpaired) electrons. The van der Waals surface area contributed by atoms with E-state index < -0.39 is 25.8 Å². The van der Waals surface area contributed by atoms with Gasteiger partial charge in [0.15, 0.2) is 0 Å². The molecule has 0 unspecified atom stereocenters. The predicted molar refractivity (Wildman–Crippen MR) is 128 cm³/mol. The van der Waals surface area contributed by atoms with Crippen molar-refractivity contribution in [3.8, 4) is 0 Å².